The molecule has 23 heavy (non-hydrogen) atoms. The van der Waals surface area contributed by atoms with Crippen LogP contribution in [0.1, 0.15) is 17.4 Å². The Bertz CT molecular complexity index is 672. The lowest BCUT2D eigenvalue weighted by Gasteiger charge is -2.32. The van der Waals surface area contributed by atoms with Gasteiger partial charge in [-0.05, 0) is 19.1 Å². The number of rotatable bonds is 4. The van der Waals surface area contributed by atoms with Gasteiger partial charge in [-0.3, -0.25) is 9.69 Å². The predicted molar refractivity (Wildman–Crippen MR) is 82.4 cm³/mol. The van der Waals surface area contributed by atoms with Gasteiger partial charge < -0.3 is 15.0 Å². The molecule has 1 unspecified atom stereocenters. The number of amides is 1. The number of aromatic amines is 1. The molecule has 5 nitrogen and oxygen atoms in total. The maximum atomic E-state index is 13.2. The van der Waals surface area contributed by atoms with E-state index in [0.717, 1.165) is 25.2 Å². The molecule has 2 N–H and O–H groups in total. The zero-order valence-electron chi connectivity index (χ0n) is 12.9. The van der Waals surface area contributed by atoms with Crippen molar-refractivity contribution in [2.75, 3.05) is 32.8 Å². The molecule has 1 saturated heterocycles. The maximum Gasteiger partial charge on any atom is 0.267 e. The molecule has 124 valence electrons. The average Bonchev–Trinajstić information content (AvgIpc) is 2.96. The van der Waals surface area contributed by atoms with Crippen LogP contribution in [0, 0.1) is 11.6 Å². The molecule has 1 amide bonds. The van der Waals surface area contributed by atoms with Crippen molar-refractivity contribution in [3.63, 3.8) is 0 Å². The van der Waals surface area contributed by atoms with Crippen LogP contribution < -0.4 is 5.32 Å². The van der Waals surface area contributed by atoms with Gasteiger partial charge in [0.15, 0.2) is 11.6 Å². The summed E-state index contributed by atoms with van der Waals surface area (Å²) in [6, 6.07) is 3.85. The molecule has 1 aromatic heterocycles. The minimum Gasteiger partial charge on any atom is -0.379 e. The van der Waals surface area contributed by atoms with Crippen molar-refractivity contribution in [1.29, 1.82) is 0 Å². The third-order valence-electron chi connectivity index (χ3n) is 4.13. The summed E-state index contributed by atoms with van der Waals surface area (Å²) in [5, 5.41) is 3.31. The van der Waals surface area contributed by atoms with E-state index in [1.165, 1.54) is 6.07 Å². The first-order chi connectivity index (χ1) is 11.0. The lowest BCUT2D eigenvalue weighted by Crippen LogP contribution is -2.47. The number of halogens is 2. The van der Waals surface area contributed by atoms with Crippen LogP contribution in [0.2, 0.25) is 0 Å². The van der Waals surface area contributed by atoms with E-state index in [2.05, 4.69) is 15.2 Å². The lowest BCUT2D eigenvalue weighted by molar-refractivity contribution is 0.0204. The van der Waals surface area contributed by atoms with Crippen LogP contribution in [0.4, 0.5) is 8.78 Å². The Balaban J connectivity index is 1.63. The SMILES string of the molecule is CC(CNC(=O)c1cc2cc(F)c(F)cc2[nH]1)N1CCOCC1. The van der Waals surface area contributed by atoms with Gasteiger partial charge in [0.2, 0.25) is 0 Å². The van der Waals surface area contributed by atoms with Gasteiger partial charge in [-0.1, -0.05) is 0 Å². The molecule has 2 heterocycles. The fourth-order valence-corrected chi connectivity index (χ4v) is 2.73. The highest BCUT2D eigenvalue weighted by atomic mass is 19.2. The summed E-state index contributed by atoms with van der Waals surface area (Å²) >= 11 is 0. The Hall–Kier alpha value is -1.99. The first kappa shape index (κ1) is 15.9. The molecular weight excluding hydrogens is 304 g/mol. The van der Waals surface area contributed by atoms with Crippen molar-refractivity contribution >= 4 is 16.8 Å². The second-order valence-electron chi connectivity index (χ2n) is 5.74. The van der Waals surface area contributed by atoms with E-state index >= 15 is 0 Å². The molecule has 3 rings (SSSR count). The first-order valence-corrected chi connectivity index (χ1v) is 7.62. The Labute approximate surface area is 132 Å². The number of ether oxygens (including phenoxy) is 1. The molecule has 0 spiro atoms. The van der Waals surface area contributed by atoms with Crippen LogP contribution in [0.15, 0.2) is 18.2 Å². The van der Waals surface area contributed by atoms with Gasteiger partial charge in [0.05, 0.1) is 13.2 Å². The van der Waals surface area contributed by atoms with Crippen molar-refractivity contribution in [2.24, 2.45) is 0 Å². The summed E-state index contributed by atoms with van der Waals surface area (Å²) < 4.78 is 31.7. The van der Waals surface area contributed by atoms with E-state index in [1.807, 2.05) is 6.92 Å². The monoisotopic (exact) mass is 323 g/mol. The second kappa shape index (κ2) is 6.64. The van der Waals surface area contributed by atoms with Crippen molar-refractivity contribution in [3.8, 4) is 0 Å². The number of aromatic nitrogens is 1. The van der Waals surface area contributed by atoms with Gasteiger partial charge >= 0.3 is 0 Å². The molecular formula is C16H19F2N3O2. The smallest absolute Gasteiger partial charge is 0.267 e. The fourth-order valence-electron chi connectivity index (χ4n) is 2.73. The molecule has 1 aliphatic rings. The number of nitrogens with zero attached hydrogens (tertiary/aromatic N) is 1. The molecule has 7 heteroatoms. The molecule has 0 bridgehead atoms. The number of hydrogen-bond donors (Lipinski definition) is 2. The Kier molecular flexibility index (Phi) is 4.58. The van der Waals surface area contributed by atoms with E-state index in [1.54, 1.807) is 0 Å². The molecule has 1 atom stereocenters. The normalized spacial score (nSPS) is 17.3. The van der Waals surface area contributed by atoms with Crippen molar-refractivity contribution in [1.82, 2.24) is 15.2 Å². The van der Waals surface area contributed by atoms with Crippen molar-refractivity contribution in [2.45, 2.75) is 13.0 Å². The van der Waals surface area contributed by atoms with Crippen molar-refractivity contribution < 1.29 is 18.3 Å². The van der Waals surface area contributed by atoms with Crippen LogP contribution in [-0.4, -0.2) is 54.7 Å². The Morgan fingerprint density at radius 2 is 2.00 bits per heavy atom. The quantitative estimate of drug-likeness (QED) is 0.903. The van der Waals surface area contributed by atoms with Crippen molar-refractivity contribution in [3.05, 3.63) is 35.5 Å². The zero-order valence-corrected chi connectivity index (χ0v) is 12.9. The molecule has 1 aliphatic heterocycles. The number of nitrogens with one attached hydrogen (secondary N) is 2. The third kappa shape index (κ3) is 3.51. The molecule has 0 saturated carbocycles. The number of morpholine rings is 1. The number of hydrogen-bond acceptors (Lipinski definition) is 3. The largest absolute Gasteiger partial charge is 0.379 e. The van der Waals surface area contributed by atoms with E-state index < -0.39 is 11.6 Å². The van der Waals surface area contributed by atoms with Crippen LogP contribution in [0.3, 0.4) is 0 Å². The highest BCUT2D eigenvalue weighted by molar-refractivity contribution is 5.98. The number of carbonyl (C=O) groups is 1. The summed E-state index contributed by atoms with van der Waals surface area (Å²) in [6.07, 6.45) is 0. The standard InChI is InChI=1S/C16H19F2N3O2/c1-10(21-2-4-23-5-3-21)9-19-16(22)15-7-11-6-12(17)13(18)8-14(11)20-15/h6-8,10,20H,2-5,9H2,1H3,(H,19,22). The van der Waals surface area contributed by atoms with E-state index in [0.29, 0.717) is 36.4 Å². The fraction of sp³-hybridized carbons (Fsp3) is 0.438. The summed E-state index contributed by atoms with van der Waals surface area (Å²) in [7, 11) is 0. The summed E-state index contributed by atoms with van der Waals surface area (Å²) in [6.45, 7) is 5.65. The van der Waals surface area contributed by atoms with Crippen LogP contribution in [-0.2, 0) is 4.74 Å². The van der Waals surface area contributed by atoms with Gasteiger partial charge in [0, 0.05) is 42.6 Å². The van der Waals surface area contributed by atoms with E-state index in [-0.39, 0.29) is 11.9 Å². The average molecular weight is 323 g/mol. The minimum atomic E-state index is -0.938. The third-order valence-corrected chi connectivity index (χ3v) is 4.13. The molecule has 0 radical (unpaired) electrons. The molecule has 0 aliphatic carbocycles. The van der Waals surface area contributed by atoms with Gasteiger partial charge in [-0.2, -0.15) is 0 Å². The first-order valence-electron chi connectivity index (χ1n) is 7.62. The summed E-state index contributed by atoms with van der Waals surface area (Å²) in [4.78, 5) is 17.3. The number of carbonyl (C=O) groups excluding carboxylic acids is 1. The highest BCUT2D eigenvalue weighted by Crippen LogP contribution is 2.19. The molecule has 2 aromatic rings. The topological polar surface area (TPSA) is 57.4 Å². The number of H-pyrrole nitrogens is 1. The molecule has 1 fully saturated rings. The van der Waals surface area contributed by atoms with E-state index in [4.69, 9.17) is 4.74 Å². The lowest BCUT2D eigenvalue weighted by atomic mass is 10.2. The van der Waals surface area contributed by atoms with Gasteiger partial charge in [0.1, 0.15) is 5.69 Å². The predicted octanol–water partition coefficient (Wildman–Crippen LogP) is 1.90. The minimum absolute atomic E-state index is 0.196. The second-order valence-corrected chi connectivity index (χ2v) is 5.74. The Morgan fingerprint density at radius 3 is 2.74 bits per heavy atom. The number of benzene rings is 1. The van der Waals surface area contributed by atoms with Gasteiger partial charge in [0.25, 0.3) is 5.91 Å². The van der Waals surface area contributed by atoms with Crippen LogP contribution >= 0.6 is 0 Å². The van der Waals surface area contributed by atoms with Crippen LogP contribution in [0.25, 0.3) is 10.9 Å². The summed E-state index contributed by atoms with van der Waals surface area (Å²) in [5.41, 5.74) is 0.689. The maximum absolute atomic E-state index is 13.2. The summed E-state index contributed by atoms with van der Waals surface area (Å²) in [5.74, 6) is -2.15. The van der Waals surface area contributed by atoms with Gasteiger partial charge in [-0.15, -0.1) is 0 Å². The highest BCUT2D eigenvalue weighted by Gasteiger charge is 2.18. The number of fused-ring (bicyclic) bond motifs is 1. The Morgan fingerprint density at radius 1 is 1.30 bits per heavy atom. The van der Waals surface area contributed by atoms with E-state index in [9.17, 15) is 13.6 Å². The van der Waals surface area contributed by atoms with Crippen LogP contribution in [0.5, 0.6) is 0 Å². The molecule has 1 aromatic carbocycles. The zero-order chi connectivity index (χ0) is 16.4. The van der Waals surface area contributed by atoms with Gasteiger partial charge in [-0.25, -0.2) is 8.78 Å².